The van der Waals surface area contributed by atoms with Gasteiger partial charge in [-0.2, -0.15) is 0 Å². The minimum absolute atomic E-state index is 0.544. The molecule has 0 spiro atoms. The van der Waals surface area contributed by atoms with Crippen LogP contribution in [0.5, 0.6) is 0 Å². The van der Waals surface area contributed by atoms with Crippen LogP contribution in [0.1, 0.15) is 0 Å². The molecule has 0 amide bonds. The van der Waals surface area contributed by atoms with Gasteiger partial charge in [-0.05, 0) is 77.9 Å². The topological polar surface area (TPSA) is 74.8 Å². The number of fused-ring (bicyclic) bond motifs is 12. The van der Waals surface area contributed by atoms with E-state index in [1.807, 2.05) is 60.7 Å². The minimum Gasteiger partial charge on any atom is -0.456 e. The number of furan rings is 2. The highest BCUT2D eigenvalue weighted by atomic mass is 16.3. The molecule has 0 N–H and O–H groups in total. The zero-order valence-electron chi connectivity index (χ0n) is 37.4. The van der Waals surface area contributed by atoms with Crippen molar-refractivity contribution in [3.05, 3.63) is 224 Å². The van der Waals surface area contributed by atoms with E-state index < -0.39 is 0 Å². The van der Waals surface area contributed by atoms with Crippen LogP contribution >= 0.6 is 0 Å². The molecular weight excluding hydrogens is 859 g/mol. The fourth-order valence-corrected chi connectivity index (χ4v) is 10.9. The number of para-hydroxylation sites is 4. The maximum atomic E-state index is 7.12. The Labute approximate surface area is 399 Å². The normalized spacial score (nSPS) is 12.0. The first-order valence-electron chi connectivity index (χ1n) is 23.5. The van der Waals surface area contributed by atoms with E-state index in [0.717, 1.165) is 116 Å². The second-order valence-electron chi connectivity index (χ2n) is 17.9. The summed E-state index contributed by atoms with van der Waals surface area (Å²) in [5.74, 6) is 1.73. The molecule has 0 saturated carbocycles. The quantitative estimate of drug-likeness (QED) is 0.166. The van der Waals surface area contributed by atoms with Crippen molar-refractivity contribution >= 4 is 87.5 Å². The molecule has 7 heteroatoms. The van der Waals surface area contributed by atoms with Gasteiger partial charge >= 0.3 is 0 Å². The van der Waals surface area contributed by atoms with E-state index in [1.54, 1.807) is 0 Å². The highest BCUT2D eigenvalue weighted by Crippen LogP contribution is 2.47. The third kappa shape index (κ3) is 5.79. The number of rotatable bonds is 6. The first-order chi connectivity index (χ1) is 34.7. The number of hydrogen-bond donors (Lipinski definition) is 0. The van der Waals surface area contributed by atoms with Gasteiger partial charge in [0, 0.05) is 83.3 Å². The van der Waals surface area contributed by atoms with E-state index in [-0.39, 0.29) is 0 Å². The van der Waals surface area contributed by atoms with Gasteiger partial charge in [-0.25, -0.2) is 15.0 Å². The molecule has 7 nitrogen and oxygen atoms in total. The molecule has 15 rings (SSSR count). The smallest absolute Gasteiger partial charge is 0.164 e. The Balaban J connectivity index is 1.05. The summed E-state index contributed by atoms with van der Waals surface area (Å²) in [6.45, 7) is 0. The number of hydrogen-bond acceptors (Lipinski definition) is 5. The number of aromatic nitrogens is 5. The zero-order chi connectivity index (χ0) is 45.9. The molecule has 5 heterocycles. The van der Waals surface area contributed by atoms with Crippen molar-refractivity contribution in [2.45, 2.75) is 0 Å². The molecule has 326 valence electrons. The average molecular weight is 896 g/mol. The van der Waals surface area contributed by atoms with Crippen LogP contribution in [0.3, 0.4) is 0 Å². The lowest BCUT2D eigenvalue weighted by atomic mass is 9.93. The molecule has 5 aromatic heterocycles. The van der Waals surface area contributed by atoms with Crippen molar-refractivity contribution in [1.29, 1.82) is 0 Å². The lowest BCUT2D eigenvalue weighted by Gasteiger charge is -2.11. The molecule has 0 bridgehead atoms. The predicted molar refractivity (Wildman–Crippen MR) is 285 cm³/mol. The molecule has 10 aromatic carbocycles. The fourth-order valence-electron chi connectivity index (χ4n) is 10.9. The van der Waals surface area contributed by atoms with Crippen molar-refractivity contribution in [1.82, 2.24) is 24.1 Å². The second kappa shape index (κ2) is 15.0. The molecule has 0 aliphatic heterocycles. The summed E-state index contributed by atoms with van der Waals surface area (Å²) in [6, 6.07) is 78.4. The van der Waals surface area contributed by atoms with Crippen LogP contribution in [-0.2, 0) is 0 Å². The largest absolute Gasteiger partial charge is 0.456 e. The standard InChI is InChI=1S/C63H37N5O2/c1-5-18-38(19-6-1)61-64-62(39-20-7-2-8-21-39)66-63(65-61)40-32-48(60-50-35-47-44-27-14-16-30-52(44)68(42-24-11-4-12-25-42)54(47)37-57(50)70-58(60)33-40)45-28-17-31-55-59(45)49-34-46-43-26-13-15-29-51(43)67(41-22-9-3-10-23-41)53(46)36-56(49)69-55/h1-37H. The minimum atomic E-state index is 0.544. The van der Waals surface area contributed by atoms with Crippen LogP contribution < -0.4 is 0 Å². The van der Waals surface area contributed by atoms with Crippen molar-refractivity contribution in [2.24, 2.45) is 0 Å². The first-order valence-corrected chi connectivity index (χ1v) is 23.5. The highest BCUT2D eigenvalue weighted by Gasteiger charge is 2.24. The summed E-state index contributed by atoms with van der Waals surface area (Å²) in [5, 5.41) is 8.72. The summed E-state index contributed by atoms with van der Waals surface area (Å²) in [7, 11) is 0. The van der Waals surface area contributed by atoms with Gasteiger partial charge in [0.1, 0.15) is 22.3 Å². The third-order valence-corrected chi connectivity index (χ3v) is 13.9. The van der Waals surface area contributed by atoms with Crippen LogP contribution in [0.2, 0.25) is 0 Å². The lowest BCUT2D eigenvalue weighted by Crippen LogP contribution is -2.00. The van der Waals surface area contributed by atoms with Gasteiger partial charge < -0.3 is 18.0 Å². The van der Waals surface area contributed by atoms with Crippen molar-refractivity contribution in [3.63, 3.8) is 0 Å². The number of nitrogens with zero attached hydrogens (tertiary/aromatic N) is 5. The fraction of sp³-hybridized carbons (Fsp3) is 0. The number of benzene rings is 10. The van der Waals surface area contributed by atoms with Gasteiger partial charge in [-0.15, -0.1) is 0 Å². The van der Waals surface area contributed by atoms with Gasteiger partial charge in [0.15, 0.2) is 17.5 Å². The van der Waals surface area contributed by atoms with Crippen LogP contribution in [0.15, 0.2) is 233 Å². The maximum absolute atomic E-state index is 7.12. The average Bonchev–Trinajstić information content (AvgIpc) is 4.17. The predicted octanol–water partition coefficient (Wildman–Crippen LogP) is 16.5. The molecule has 0 fully saturated rings. The summed E-state index contributed by atoms with van der Waals surface area (Å²) < 4.78 is 18.7. The highest BCUT2D eigenvalue weighted by molar-refractivity contribution is 6.25. The van der Waals surface area contributed by atoms with Crippen molar-refractivity contribution in [3.8, 4) is 56.7 Å². The molecule has 0 atom stereocenters. The summed E-state index contributed by atoms with van der Waals surface area (Å²) in [6.07, 6.45) is 0. The van der Waals surface area contributed by atoms with Gasteiger partial charge in [0.2, 0.25) is 0 Å². The Hall–Kier alpha value is -9.59. The second-order valence-corrected chi connectivity index (χ2v) is 17.9. The third-order valence-electron chi connectivity index (χ3n) is 13.9. The molecule has 0 aliphatic rings. The van der Waals surface area contributed by atoms with E-state index >= 15 is 0 Å². The van der Waals surface area contributed by atoms with Crippen LogP contribution in [0, 0.1) is 0 Å². The molecular formula is C63H37N5O2. The summed E-state index contributed by atoms with van der Waals surface area (Å²) in [5.41, 5.74) is 14.4. The SMILES string of the molecule is c1ccc(-c2nc(-c3ccccc3)nc(-c3cc(-c4cccc5oc6cc7c(cc6c45)c4ccccc4n7-c4ccccc4)c4c(c3)oc3cc5c(cc34)c3ccccc3n5-c3ccccc3)n2)cc1. The van der Waals surface area contributed by atoms with E-state index in [0.29, 0.717) is 17.5 Å². The Morgan fingerprint density at radius 3 is 1.24 bits per heavy atom. The van der Waals surface area contributed by atoms with E-state index in [1.165, 1.54) is 10.8 Å². The Bertz CT molecular complexity index is 4510. The van der Waals surface area contributed by atoms with Crippen LogP contribution in [0.4, 0.5) is 0 Å². The molecule has 0 saturated heterocycles. The van der Waals surface area contributed by atoms with Crippen molar-refractivity contribution < 1.29 is 8.83 Å². The molecule has 70 heavy (non-hydrogen) atoms. The molecule has 0 radical (unpaired) electrons. The molecule has 0 aliphatic carbocycles. The van der Waals surface area contributed by atoms with Crippen LogP contribution in [-0.4, -0.2) is 24.1 Å². The molecule has 15 aromatic rings. The van der Waals surface area contributed by atoms with E-state index in [2.05, 4.69) is 173 Å². The lowest BCUT2D eigenvalue weighted by molar-refractivity contribution is 0.668. The zero-order valence-corrected chi connectivity index (χ0v) is 37.4. The molecule has 0 unspecified atom stereocenters. The van der Waals surface area contributed by atoms with E-state index in [4.69, 9.17) is 23.8 Å². The Morgan fingerprint density at radius 1 is 0.271 bits per heavy atom. The van der Waals surface area contributed by atoms with Gasteiger partial charge in [0.05, 0.1) is 22.1 Å². The van der Waals surface area contributed by atoms with Gasteiger partial charge in [0.25, 0.3) is 0 Å². The summed E-state index contributed by atoms with van der Waals surface area (Å²) in [4.78, 5) is 15.5. The first kappa shape index (κ1) is 38.5. The van der Waals surface area contributed by atoms with Gasteiger partial charge in [-0.1, -0.05) is 146 Å². The summed E-state index contributed by atoms with van der Waals surface area (Å²) >= 11 is 0. The Kier molecular flexibility index (Phi) is 8.23. The van der Waals surface area contributed by atoms with Crippen LogP contribution in [0.25, 0.3) is 144 Å². The Morgan fingerprint density at radius 2 is 0.714 bits per heavy atom. The van der Waals surface area contributed by atoms with Crippen molar-refractivity contribution in [2.75, 3.05) is 0 Å². The van der Waals surface area contributed by atoms with E-state index in [9.17, 15) is 0 Å². The van der Waals surface area contributed by atoms with Gasteiger partial charge in [-0.3, -0.25) is 0 Å². The maximum Gasteiger partial charge on any atom is 0.164 e. The monoisotopic (exact) mass is 895 g/mol.